The number of hydrogen-bond acceptors (Lipinski definition) is 2. The number of nitrogens with zero attached hydrogens (tertiary/aromatic N) is 3. The minimum absolute atomic E-state index is 0.00872. The molecule has 0 saturated heterocycles. The molecule has 0 bridgehead atoms. The van der Waals surface area contributed by atoms with Crippen LogP contribution in [0.3, 0.4) is 0 Å². The maximum absolute atomic E-state index is 5.23. The Kier molecular flexibility index (Phi) is 5.81. The second-order valence-electron chi connectivity index (χ2n) is 14.9. The molecular formula is C46H37N3. The summed E-state index contributed by atoms with van der Waals surface area (Å²) in [5, 5.41) is 2.40. The Hall–Kier alpha value is -5.54. The van der Waals surface area contributed by atoms with E-state index in [0.29, 0.717) is 0 Å². The Labute approximate surface area is 287 Å². The fraction of sp³-hybridized carbons (Fsp3) is 0.174. The van der Waals surface area contributed by atoms with E-state index in [9.17, 15) is 0 Å². The van der Waals surface area contributed by atoms with Gasteiger partial charge in [0.05, 0.1) is 22.4 Å². The Morgan fingerprint density at radius 3 is 2.29 bits per heavy atom. The lowest BCUT2D eigenvalue weighted by atomic mass is 9.78. The van der Waals surface area contributed by atoms with Crippen LogP contribution < -0.4 is 0 Å². The molecule has 0 unspecified atom stereocenters. The molecule has 0 spiro atoms. The van der Waals surface area contributed by atoms with Crippen LogP contribution in [0.1, 0.15) is 62.8 Å². The fourth-order valence-electron chi connectivity index (χ4n) is 9.13. The average molecular weight is 632 g/mol. The van der Waals surface area contributed by atoms with Gasteiger partial charge in [-0.3, -0.25) is 0 Å². The third-order valence-electron chi connectivity index (χ3n) is 11.5. The third kappa shape index (κ3) is 3.90. The van der Waals surface area contributed by atoms with Crippen LogP contribution in [0.4, 0.5) is 0 Å². The highest BCUT2D eigenvalue weighted by atomic mass is 15.0. The van der Waals surface area contributed by atoms with Gasteiger partial charge in [0.1, 0.15) is 0 Å². The van der Waals surface area contributed by atoms with Gasteiger partial charge in [0.25, 0.3) is 0 Å². The first-order valence-electron chi connectivity index (χ1n) is 17.5. The standard InChI is InChI=1S/C46H37N3/c1-45(2)36-22-11-8-19-31(36)34-26-35-40(27-38(34)45)49(43-32-20-9-12-23-37(32)46(3,4)41(35)43)30-18-14-17-29(25-30)44-47-39-24-13-10-21-33(39)42(48-44)28-15-6-5-7-16-28/h5-10,12-21,23-27H,11,22H2,1-4H3. The number of aromatic nitrogens is 3. The summed E-state index contributed by atoms with van der Waals surface area (Å²) < 4.78 is 2.53. The number of rotatable bonds is 3. The predicted molar refractivity (Wildman–Crippen MR) is 203 cm³/mol. The van der Waals surface area contributed by atoms with Gasteiger partial charge in [-0.2, -0.15) is 0 Å². The highest BCUT2D eigenvalue weighted by Crippen LogP contribution is 2.57. The van der Waals surface area contributed by atoms with E-state index >= 15 is 0 Å². The summed E-state index contributed by atoms with van der Waals surface area (Å²) in [6, 6.07) is 41.7. The molecule has 2 heterocycles. The Morgan fingerprint density at radius 2 is 1.41 bits per heavy atom. The Balaban J connectivity index is 1.24. The van der Waals surface area contributed by atoms with Crippen LogP contribution in [-0.4, -0.2) is 14.5 Å². The van der Waals surface area contributed by atoms with Crippen molar-refractivity contribution in [3.8, 4) is 39.6 Å². The first kappa shape index (κ1) is 28.5. The van der Waals surface area contributed by atoms with Crippen LogP contribution in [0, 0.1) is 0 Å². The minimum atomic E-state index is -0.138. The molecule has 0 atom stereocenters. The molecule has 0 fully saturated rings. The van der Waals surface area contributed by atoms with Crippen molar-refractivity contribution in [2.45, 2.75) is 51.4 Å². The molecule has 3 aliphatic rings. The van der Waals surface area contributed by atoms with Crippen molar-refractivity contribution in [3.05, 3.63) is 155 Å². The van der Waals surface area contributed by atoms with E-state index in [0.717, 1.165) is 52.1 Å². The van der Waals surface area contributed by atoms with Crippen LogP contribution in [0.15, 0.2) is 133 Å². The highest BCUT2D eigenvalue weighted by Gasteiger charge is 2.43. The van der Waals surface area contributed by atoms with Gasteiger partial charge in [-0.25, -0.2) is 9.97 Å². The Morgan fingerprint density at radius 1 is 0.633 bits per heavy atom. The molecule has 49 heavy (non-hydrogen) atoms. The lowest BCUT2D eigenvalue weighted by Gasteiger charge is -2.26. The molecule has 0 radical (unpaired) electrons. The second kappa shape index (κ2) is 9.99. The summed E-state index contributed by atoms with van der Waals surface area (Å²) in [6.07, 6.45) is 6.99. The van der Waals surface area contributed by atoms with E-state index in [1.165, 1.54) is 50.0 Å². The average Bonchev–Trinajstić information content (AvgIpc) is 3.68. The molecule has 0 saturated carbocycles. The smallest absolute Gasteiger partial charge is 0.160 e. The quantitative estimate of drug-likeness (QED) is 0.194. The van der Waals surface area contributed by atoms with Crippen LogP contribution in [-0.2, 0) is 10.8 Å². The SMILES string of the molecule is CC1(C)C2=C(C=CCC2)c2cc3c4c(n(-c5cccc(-c6nc(-c7ccccc7)c7ccccc7n6)c5)c3cc21)-c1ccccc1C4(C)C. The summed E-state index contributed by atoms with van der Waals surface area (Å²) in [6.45, 7) is 9.63. The molecule has 0 aliphatic heterocycles. The van der Waals surface area contributed by atoms with E-state index < -0.39 is 0 Å². The van der Waals surface area contributed by atoms with E-state index in [4.69, 9.17) is 9.97 Å². The van der Waals surface area contributed by atoms with E-state index in [2.05, 4.69) is 160 Å². The number of benzene rings is 5. The van der Waals surface area contributed by atoms with E-state index in [-0.39, 0.29) is 10.8 Å². The minimum Gasteiger partial charge on any atom is -0.309 e. The molecule has 10 rings (SSSR count). The highest BCUT2D eigenvalue weighted by molar-refractivity contribution is 6.03. The zero-order valence-corrected chi connectivity index (χ0v) is 28.4. The van der Waals surface area contributed by atoms with E-state index in [1.807, 2.05) is 0 Å². The molecule has 0 N–H and O–H groups in total. The molecule has 7 aromatic rings. The molecule has 3 nitrogen and oxygen atoms in total. The van der Waals surface area contributed by atoms with Gasteiger partial charge in [-0.1, -0.05) is 130 Å². The molecule has 236 valence electrons. The van der Waals surface area contributed by atoms with Gasteiger partial charge in [-0.15, -0.1) is 0 Å². The van der Waals surface area contributed by atoms with Crippen molar-refractivity contribution in [1.82, 2.24) is 14.5 Å². The summed E-state index contributed by atoms with van der Waals surface area (Å²) in [5.74, 6) is 0.735. The summed E-state index contributed by atoms with van der Waals surface area (Å²) in [5.41, 5.74) is 17.5. The predicted octanol–water partition coefficient (Wildman–Crippen LogP) is 11.6. The maximum atomic E-state index is 5.23. The van der Waals surface area contributed by atoms with Crippen LogP contribution in [0.5, 0.6) is 0 Å². The summed E-state index contributed by atoms with van der Waals surface area (Å²) in [7, 11) is 0. The second-order valence-corrected chi connectivity index (χ2v) is 14.9. The monoisotopic (exact) mass is 631 g/mol. The number of hydrogen-bond donors (Lipinski definition) is 0. The van der Waals surface area contributed by atoms with Crippen molar-refractivity contribution < 1.29 is 0 Å². The maximum Gasteiger partial charge on any atom is 0.160 e. The molecular weight excluding hydrogens is 595 g/mol. The lowest BCUT2D eigenvalue weighted by molar-refractivity contribution is 0.608. The molecule has 3 aliphatic carbocycles. The number of para-hydroxylation sites is 1. The van der Waals surface area contributed by atoms with Gasteiger partial charge in [0, 0.05) is 44.0 Å². The molecule has 2 aromatic heterocycles. The van der Waals surface area contributed by atoms with Gasteiger partial charge in [0.2, 0.25) is 0 Å². The van der Waals surface area contributed by atoms with Crippen molar-refractivity contribution in [1.29, 1.82) is 0 Å². The van der Waals surface area contributed by atoms with Gasteiger partial charge in [0.15, 0.2) is 5.82 Å². The lowest BCUT2D eigenvalue weighted by Crippen LogP contribution is -2.18. The van der Waals surface area contributed by atoms with E-state index in [1.54, 1.807) is 5.57 Å². The van der Waals surface area contributed by atoms with Crippen LogP contribution >= 0.6 is 0 Å². The fourth-order valence-corrected chi connectivity index (χ4v) is 9.13. The van der Waals surface area contributed by atoms with Gasteiger partial charge in [-0.05, 0) is 71.0 Å². The van der Waals surface area contributed by atoms with Gasteiger partial charge >= 0.3 is 0 Å². The zero-order chi connectivity index (χ0) is 33.1. The summed E-state index contributed by atoms with van der Waals surface area (Å²) in [4.78, 5) is 10.4. The molecule has 5 aromatic carbocycles. The van der Waals surface area contributed by atoms with Crippen molar-refractivity contribution in [3.63, 3.8) is 0 Å². The normalized spacial score (nSPS) is 16.6. The number of allylic oxidation sites excluding steroid dienone is 4. The third-order valence-corrected chi connectivity index (χ3v) is 11.5. The molecule has 3 heteroatoms. The zero-order valence-electron chi connectivity index (χ0n) is 28.4. The van der Waals surface area contributed by atoms with Crippen molar-refractivity contribution in [2.24, 2.45) is 0 Å². The largest absolute Gasteiger partial charge is 0.309 e. The first-order valence-corrected chi connectivity index (χ1v) is 17.5. The van der Waals surface area contributed by atoms with Crippen LogP contribution in [0.2, 0.25) is 0 Å². The Bertz CT molecular complexity index is 2590. The molecule has 0 amide bonds. The van der Waals surface area contributed by atoms with Crippen molar-refractivity contribution in [2.75, 3.05) is 0 Å². The van der Waals surface area contributed by atoms with Gasteiger partial charge < -0.3 is 4.57 Å². The summed E-state index contributed by atoms with van der Waals surface area (Å²) >= 11 is 0. The number of fused-ring (bicyclic) bond motifs is 8. The van der Waals surface area contributed by atoms with Crippen LogP contribution in [0.25, 0.3) is 67.0 Å². The topological polar surface area (TPSA) is 30.7 Å². The first-order chi connectivity index (χ1) is 23.8. The van der Waals surface area contributed by atoms with Crippen molar-refractivity contribution >= 4 is 27.4 Å².